The van der Waals surface area contributed by atoms with Crippen molar-refractivity contribution in [1.29, 1.82) is 0 Å². The van der Waals surface area contributed by atoms with E-state index in [-0.39, 0.29) is 11.4 Å². The minimum absolute atomic E-state index is 0.188. The van der Waals surface area contributed by atoms with Crippen LogP contribution < -0.4 is 0 Å². The van der Waals surface area contributed by atoms with Gasteiger partial charge in [-0.15, -0.1) is 11.6 Å². The Morgan fingerprint density at radius 2 is 2.39 bits per heavy atom. The van der Waals surface area contributed by atoms with Gasteiger partial charge in [-0.1, -0.05) is 0 Å². The molecular weight excluding hydrogens is 255 g/mol. The maximum absolute atomic E-state index is 13.4. The van der Waals surface area contributed by atoms with E-state index < -0.39 is 0 Å². The second-order valence-corrected chi connectivity index (χ2v) is 5.20. The predicted molar refractivity (Wildman–Crippen MR) is 68.3 cm³/mol. The summed E-state index contributed by atoms with van der Waals surface area (Å²) in [6.45, 7) is 3.42. The first-order valence-corrected chi connectivity index (χ1v) is 6.48. The molecule has 1 unspecified atom stereocenters. The molecule has 1 fully saturated rings. The standard InChI is InChI=1S/C13H14ClFN2O/c1-13(4-5-18-8-13)17-11-6-9(15)2-3-10(11)16-12(17)7-14/h2-3,6H,4-5,7-8H2,1H3. The molecule has 1 aliphatic heterocycles. The van der Waals surface area contributed by atoms with Crippen molar-refractivity contribution in [2.24, 2.45) is 0 Å². The first-order chi connectivity index (χ1) is 8.64. The van der Waals surface area contributed by atoms with Gasteiger partial charge in [0.1, 0.15) is 11.6 Å². The fourth-order valence-electron chi connectivity index (χ4n) is 2.62. The SMILES string of the molecule is CC1(n2c(CCl)nc3ccc(F)cc32)CCOC1. The van der Waals surface area contributed by atoms with E-state index in [1.165, 1.54) is 12.1 Å². The van der Waals surface area contributed by atoms with Crippen molar-refractivity contribution in [2.45, 2.75) is 24.8 Å². The molecule has 0 radical (unpaired) electrons. The average Bonchev–Trinajstić information content (AvgIpc) is 2.92. The number of alkyl halides is 1. The van der Waals surface area contributed by atoms with Gasteiger partial charge in [0.05, 0.1) is 29.1 Å². The summed E-state index contributed by atoms with van der Waals surface area (Å²) in [5.41, 5.74) is 1.38. The van der Waals surface area contributed by atoms with E-state index >= 15 is 0 Å². The van der Waals surface area contributed by atoms with E-state index in [0.29, 0.717) is 19.1 Å². The molecule has 0 saturated carbocycles. The maximum Gasteiger partial charge on any atom is 0.125 e. The highest BCUT2D eigenvalue weighted by atomic mass is 35.5. The Morgan fingerprint density at radius 1 is 1.56 bits per heavy atom. The Morgan fingerprint density at radius 3 is 3.06 bits per heavy atom. The topological polar surface area (TPSA) is 27.1 Å². The maximum atomic E-state index is 13.4. The van der Waals surface area contributed by atoms with E-state index in [0.717, 1.165) is 23.3 Å². The van der Waals surface area contributed by atoms with Gasteiger partial charge in [-0.3, -0.25) is 0 Å². The molecule has 3 nitrogen and oxygen atoms in total. The summed E-state index contributed by atoms with van der Waals surface area (Å²) in [5.74, 6) is 0.823. The minimum Gasteiger partial charge on any atom is -0.379 e. The number of aromatic nitrogens is 2. The number of rotatable bonds is 2. The number of fused-ring (bicyclic) bond motifs is 1. The van der Waals surface area contributed by atoms with Crippen molar-refractivity contribution in [3.05, 3.63) is 29.8 Å². The average molecular weight is 269 g/mol. The highest BCUT2D eigenvalue weighted by Crippen LogP contribution is 2.33. The summed E-state index contributed by atoms with van der Waals surface area (Å²) in [4.78, 5) is 4.47. The summed E-state index contributed by atoms with van der Waals surface area (Å²) < 4.78 is 20.9. The fraction of sp³-hybridized carbons (Fsp3) is 0.462. The predicted octanol–water partition coefficient (Wildman–Crippen LogP) is 3.05. The van der Waals surface area contributed by atoms with Gasteiger partial charge in [-0.05, 0) is 31.5 Å². The lowest BCUT2D eigenvalue weighted by Gasteiger charge is -2.26. The minimum atomic E-state index is -0.257. The lowest BCUT2D eigenvalue weighted by atomic mass is 10.0. The Labute approximate surface area is 110 Å². The second kappa shape index (κ2) is 4.21. The molecule has 1 aromatic heterocycles. The van der Waals surface area contributed by atoms with Crippen LogP contribution in [0.3, 0.4) is 0 Å². The Bertz CT molecular complexity index is 590. The van der Waals surface area contributed by atoms with Crippen LogP contribution in [-0.4, -0.2) is 22.8 Å². The molecule has 0 aliphatic carbocycles. The number of nitrogens with zero attached hydrogens (tertiary/aromatic N) is 2. The molecule has 5 heteroatoms. The fourth-order valence-corrected chi connectivity index (χ4v) is 2.80. The lowest BCUT2D eigenvalue weighted by Crippen LogP contribution is -2.31. The number of hydrogen-bond acceptors (Lipinski definition) is 2. The third-order valence-electron chi connectivity index (χ3n) is 3.54. The van der Waals surface area contributed by atoms with E-state index in [1.54, 1.807) is 6.07 Å². The van der Waals surface area contributed by atoms with Gasteiger partial charge < -0.3 is 9.30 Å². The summed E-state index contributed by atoms with van der Waals surface area (Å²) in [6.07, 6.45) is 0.888. The van der Waals surface area contributed by atoms with Crippen LogP contribution in [0.4, 0.5) is 4.39 Å². The van der Waals surface area contributed by atoms with Crippen LogP contribution in [0.15, 0.2) is 18.2 Å². The molecule has 1 atom stereocenters. The van der Waals surface area contributed by atoms with Gasteiger partial charge in [-0.25, -0.2) is 9.37 Å². The summed E-state index contributed by atoms with van der Waals surface area (Å²) in [7, 11) is 0. The van der Waals surface area contributed by atoms with E-state index in [9.17, 15) is 4.39 Å². The first kappa shape index (κ1) is 11.9. The first-order valence-electron chi connectivity index (χ1n) is 5.95. The largest absolute Gasteiger partial charge is 0.379 e. The molecule has 2 aromatic rings. The summed E-state index contributed by atoms with van der Waals surface area (Å²) in [6, 6.07) is 4.63. The van der Waals surface area contributed by atoms with Gasteiger partial charge >= 0.3 is 0 Å². The smallest absolute Gasteiger partial charge is 0.125 e. The number of imidazole rings is 1. The van der Waals surface area contributed by atoms with Gasteiger partial charge in [0.2, 0.25) is 0 Å². The van der Waals surface area contributed by atoms with Crippen molar-refractivity contribution in [3.63, 3.8) is 0 Å². The Hall–Kier alpha value is -1.13. The number of benzene rings is 1. The van der Waals surface area contributed by atoms with Crippen LogP contribution in [0, 0.1) is 5.82 Å². The van der Waals surface area contributed by atoms with E-state index in [2.05, 4.69) is 11.9 Å². The van der Waals surface area contributed by atoms with Crippen LogP contribution in [0.1, 0.15) is 19.2 Å². The highest BCUT2D eigenvalue weighted by Gasteiger charge is 2.34. The summed E-state index contributed by atoms with van der Waals surface area (Å²) >= 11 is 5.97. The molecule has 1 aliphatic rings. The van der Waals surface area contributed by atoms with Crippen LogP contribution in [0.5, 0.6) is 0 Å². The third kappa shape index (κ3) is 1.71. The van der Waals surface area contributed by atoms with Crippen molar-refractivity contribution >= 4 is 22.6 Å². The van der Waals surface area contributed by atoms with Crippen LogP contribution >= 0.6 is 11.6 Å². The molecule has 0 N–H and O–H groups in total. The second-order valence-electron chi connectivity index (χ2n) is 4.93. The number of hydrogen-bond donors (Lipinski definition) is 0. The Balaban J connectivity index is 2.27. The molecule has 18 heavy (non-hydrogen) atoms. The van der Waals surface area contributed by atoms with Crippen molar-refractivity contribution in [1.82, 2.24) is 9.55 Å². The number of ether oxygens (including phenoxy) is 1. The van der Waals surface area contributed by atoms with Gasteiger partial charge in [0.25, 0.3) is 0 Å². The molecule has 1 aromatic carbocycles. The monoisotopic (exact) mass is 268 g/mol. The molecule has 3 rings (SSSR count). The molecule has 96 valence electrons. The zero-order chi connectivity index (χ0) is 12.8. The quantitative estimate of drug-likeness (QED) is 0.783. The van der Waals surface area contributed by atoms with Gasteiger partial charge in [0.15, 0.2) is 0 Å². The normalized spacial score (nSPS) is 23.9. The molecule has 0 bridgehead atoms. The van der Waals surface area contributed by atoms with Crippen molar-refractivity contribution in [3.8, 4) is 0 Å². The van der Waals surface area contributed by atoms with Gasteiger partial charge in [-0.2, -0.15) is 0 Å². The molecule has 2 heterocycles. The highest BCUT2D eigenvalue weighted by molar-refractivity contribution is 6.16. The van der Waals surface area contributed by atoms with E-state index in [4.69, 9.17) is 16.3 Å². The number of halogens is 2. The van der Waals surface area contributed by atoms with Crippen LogP contribution in [-0.2, 0) is 16.2 Å². The zero-order valence-corrected chi connectivity index (χ0v) is 10.9. The summed E-state index contributed by atoms with van der Waals surface area (Å²) in [5, 5.41) is 0. The molecule has 0 amide bonds. The van der Waals surface area contributed by atoms with Crippen molar-refractivity contribution < 1.29 is 9.13 Å². The van der Waals surface area contributed by atoms with E-state index in [1.807, 2.05) is 4.57 Å². The van der Waals surface area contributed by atoms with Crippen molar-refractivity contribution in [2.75, 3.05) is 13.2 Å². The van der Waals surface area contributed by atoms with Gasteiger partial charge in [0, 0.05) is 6.61 Å². The zero-order valence-electron chi connectivity index (χ0n) is 10.1. The molecule has 1 saturated heterocycles. The molecule has 0 spiro atoms. The lowest BCUT2D eigenvalue weighted by molar-refractivity contribution is 0.162. The Kier molecular flexibility index (Phi) is 2.79. The molecular formula is C13H14ClFN2O. The third-order valence-corrected chi connectivity index (χ3v) is 3.78. The van der Waals surface area contributed by atoms with Crippen LogP contribution in [0.25, 0.3) is 11.0 Å². The van der Waals surface area contributed by atoms with Crippen LogP contribution in [0.2, 0.25) is 0 Å².